The van der Waals surface area contributed by atoms with Crippen molar-refractivity contribution in [3.8, 4) is 0 Å². The quantitative estimate of drug-likeness (QED) is 0.621. The van der Waals surface area contributed by atoms with E-state index in [1.165, 1.54) is 0 Å². The van der Waals surface area contributed by atoms with E-state index in [0.29, 0.717) is 10.6 Å². The molecule has 0 amide bonds. The molecule has 0 heterocycles. The van der Waals surface area contributed by atoms with Gasteiger partial charge in [0.2, 0.25) is 0 Å². The number of hydrogen-bond donors (Lipinski definition) is 0. The lowest BCUT2D eigenvalue weighted by Gasteiger charge is -1.87. The molecule has 13 heavy (non-hydrogen) atoms. The summed E-state index contributed by atoms with van der Waals surface area (Å²) in [6.07, 6.45) is 0.788. The minimum atomic E-state index is 0.652. The smallest absolute Gasteiger partial charge is 0.150 e. The van der Waals surface area contributed by atoms with Gasteiger partial charge in [0, 0.05) is 10.6 Å². The number of hydrogen-bond acceptors (Lipinski definition) is 1. The topological polar surface area (TPSA) is 17.1 Å². The average Bonchev–Trinajstić information content (AvgIpc) is 2.25. The van der Waals surface area contributed by atoms with Gasteiger partial charge in [-0.2, -0.15) is 0 Å². The summed E-state index contributed by atoms with van der Waals surface area (Å²) in [7, 11) is 0. The van der Waals surface area contributed by atoms with Gasteiger partial charge in [-0.05, 0) is 12.1 Å². The second kappa shape index (κ2) is 11.2. The van der Waals surface area contributed by atoms with Gasteiger partial charge in [-0.25, -0.2) is 0 Å². The first-order valence-corrected chi connectivity index (χ1v) is 4.91. The molecule has 0 aliphatic carbocycles. The third-order valence-electron chi connectivity index (χ3n) is 1.01. The predicted molar refractivity (Wildman–Crippen MR) is 59.5 cm³/mol. The van der Waals surface area contributed by atoms with E-state index in [1.807, 2.05) is 27.7 Å². The van der Waals surface area contributed by atoms with Crippen LogP contribution in [0.3, 0.4) is 0 Å². The van der Waals surface area contributed by atoms with E-state index < -0.39 is 0 Å². The molecule has 0 spiro atoms. The van der Waals surface area contributed by atoms with Gasteiger partial charge in [0.05, 0.1) is 0 Å². The normalized spacial score (nSPS) is 7.15. The maximum absolute atomic E-state index is 10.1. The zero-order valence-electron chi connectivity index (χ0n) is 8.67. The summed E-state index contributed by atoms with van der Waals surface area (Å²) in [6.45, 7) is 8.00. The number of benzene rings is 1. The van der Waals surface area contributed by atoms with Crippen molar-refractivity contribution in [2.24, 2.45) is 0 Å². The maximum Gasteiger partial charge on any atom is 0.150 e. The van der Waals surface area contributed by atoms with E-state index in [1.54, 1.807) is 24.3 Å². The molecule has 1 nitrogen and oxygen atoms in total. The third-order valence-corrected chi connectivity index (χ3v) is 1.26. The SMILES string of the molecule is CC.CC.O=Cc1ccc(Cl)cc1. The molecule has 0 fully saturated rings. The predicted octanol–water partition coefficient (Wildman–Crippen LogP) is 4.20. The molecule has 0 radical (unpaired) electrons. The molecular formula is C11H17ClO. The van der Waals surface area contributed by atoms with Crippen LogP contribution in [-0.4, -0.2) is 6.29 Å². The Hall–Kier alpha value is -0.820. The highest BCUT2D eigenvalue weighted by Gasteiger charge is 1.86. The van der Waals surface area contributed by atoms with Crippen LogP contribution in [0.5, 0.6) is 0 Å². The Balaban J connectivity index is 0. The lowest BCUT2D eigenvalue weighted by molar-refractivity contribution is 0.112. The first-order chi connectivity index (χ1) is 6.33. The van der Waals surface area contributed by atoms with Crippen LogP contribution in [-0.2, 0) is 0 Å². The molecule has 0 saturated heterocycles. The fourth-order valence-corrected chi connectivity index (χ4v) is 0.667. The highest BCUT2D eigenvalue weighted by molar-refractivity contribution is 6.30. The lowest BCUT2D eigenvalue weighted by Crippen LogP contribution is -1.74. The summed E-state index contributed by atoms with van der Waals surface area (Å²) in [5.41, 5.74) is 0.652. The van der Waals surface area contributed by atoms with Crippen LogP contribution in [0.2, 0.25) is 5.02 Å². The fourth-order valence-electron chi connectivity index (χ4n) is 0.541. The van der Waals surface area contributed by atoms with Gasteiger partial charge in [0.25, 0.3) is 0 Å². The molecule has 0 N–H and O–H groups in total. The summed E-state index contributed by atoms with van der Waals surface area (Å²) in [6, 6.07) is 6.72. The van der Waals surface area contributed by atoms with Crippen LogP contribution in [0.1, 0.15) is 38.1 Å². The van der Waals surface area contributed by atoms with Crippen molar-refractivity contribution < 1.29 is 4.79 Å². The molecule has 1 rings (SSSR count). The molecule has 1 aromatic rings. The Bertz CT molecular complexity index is 204. The van der Waals surface area contributed by atoms with E-state index >= 15 is 0 Å². The number of rotatable bonds is 1. The van der Waals surface area contributed by atoms with Gasteiger partial charge in [0.15, 0.2) is 0 Å². The zero-order chi connectivity index (χ0) is 10.7. The van der Waals surface area contributed by atoms with Gasteiger partial charge in [-0.1, -0.05) is 51.4 Å². The first kappa shape index (κ1) is 14.7. The van der Waals surface area contributed by atoms with Gasteiger partial charge in [-0.3, -0.25) is 4.79 Å². The van der Waals surface area contributed by atoms with Gasteiger partial charge in [0.1, 0.15) is 6.29 Å². The van der Waals surface area contributed by atoms with Crippen molar-refractivity contribution in [1.29, 1.82) is 0 Å². The Morgan fingerprint density at radius 2 is 1.38 bits per heavy atom. The molecule has 2 heteroatoms. The average molecular weight is 201 g/mol. The Morgan fingerprint density at radius 3 is 1.69 bits per heavy atom. The van der Waals surface area contributed by atoms with E-state index in [2.05, 4.69) is 0 Å². The molecule has 0 unspecified atom stereocenters. The number of carbonyl (C=O) groups excluding carboxylic acids is 1. The van der Waals surface area contributed by atoms with Crippen molar-refractivity contribution in [1.82, 2.24) is 0 Å². The zero-order valence-corrected chi connectivity index (χ0v) is 9.43. The van der Waals surface area contributed by atoms with Crippen molar-refractivity contribution in [3.63, 3.8) is 0 Å². The summed E-state index contributed by atoms with van der Waals surface area (Å²) >= 11 is 5.55. The van der Waals surface area contributed by atoms with Crippen LogP contribution in [0.25, 0.3) is 0 Å². The number of aldehydes is 1. The molecule has 1 aromatic carbocycles. The van der Waals surface area contributed by atoms with Crippen LogP contribution < -0.4 is 0 Å². The van der Waals surface area contributed by atoms with Crippen molar-refractivity contribution >= 4 is 17.9 Å². The second-order valence-electron chi connectivity index (χ2n) is 1.67. The maximum atomic E-state index is 10.1. The standard InChI is InChI=1S/C7H5ClO.2C2H6/c8-7-3-1-6(5-9)2-4-7;2*1-2/h1-5H;2*1-2H3. The van der Waals surface area contributed by atoms with Crippen molar-refractivity contribution in [3.05, 3.63) is 34.9 Å². The highest BCUT2D eigenvalue weighted by atomic mass is 35.5. The largest absolute Gasteiger partial charge is 0.298 e. The molecule has 0 aliphatic heterocycles. The summed E-state index contributed by atoms with van der Waals surface area (Å²) in [4.78, 5) is 10.1. The fraction of sp³-hybridized carbons (Fsp3) is 0.364. The van der Waals surface area contributed by atoms with E-state index in [-0.39, 0.29) is 0 Å². The number of halogens is 1. The van der Waals surface area contributed by atoms with Crippen LogP contribution in [0, 0.1) is 0 Å². The lowest BCUT2D eigenvalue weighted by atomic mass is 10.2. The van der Waals surface area contributed by atoms with E-state index in [4.69, 9.17) is 11.6 Å². The Labute approximate surface area is 85.7 Å². The van der Waals surface area contributed by atoms with Gasteiger partial charge in [-0.15, -0.1) is 0 Å². The summed E-state index contributed by atoms with van der Waals surface area (Å²) in [5.74, 6) is 0. The van der Waals surface area contributed by atoms with E-state index in [9.17, 15) is 4.79 Å². The Morgan fingerprint density at radius 1 is 1.00 bits per heavy atom. The minimum absolute atomic E-state index is 0.652. The van der Waals surface area contributed by atoms with Crippen LogP contribution in [0.4, 0.5) is 0 Å². The van der Waals surface area contributed by atoms with Gasteiger partial charge >= 0.3 is 0 Å². The monoisotopic (exact) mass is 200 g/mol. The molecular weight excluding hydrogens is 184 g/mol. The first-order valence-electron chi connectivity index (χ1n) is 4.53. The molecule has 0 aromatic heterocycles. The molecule has 0 atom stereocenters. The molecule has 0 aliphatic rings. The molecule has 0 saturated carbocycles. The highest BCUT2D eigenvalue weighted by Crippen LogP contribution is 2.07. The number of carbonyl (C=O) groups is 1. The summed E-state index contributed by atoms with van der Waals surface area (Å²) in [5, 5.41) is 0.653. The van der Waals surface area contributed by atoms with Crippen molar-refractivity contribution in [2.45, 2.75) is 27.7 Å². The van der Waals surface area contributed by atoms with Crippen LogP contribution >= 0.6 is 11.6 Å². The molecule has 74 valence electrons. The molecule has 0 bridgehead atoms. The van der Waals surface area contributed by atoms with Crippen LogP contribution in [0.15, 0.2) is 24.3 Å². The Kier molecular flexibility index (Phi) is 12.6. The van der Waals surface area contributed by atoms with Crippen molar-refractivity contribution in [2.75, 3.05) is 0 Å². The summed E-state index contributed by atoms with van der Waals surface area (Å²) < 4.78 is 0. The second-order valence-corrected chi connectivity index (χ2v) is 2.11. The minimum Gasteiger partial charge on any atom is -0.298 e. The van der Waals surface area contributed by atoms with Gasteiger partial charge < -0.3 is 0 Å². The third kappa shape index (κ3) is 7.54. The van der Waals surface area contributed by atoms with E-state index in [0.717, 1.165) is 6.29 Å².